The van der Waals surface area contributed by atoms with Crippen LogP contribution in [0.15, 0.2) is 44.0 Å². The summed E-state index contributed by atoms with van der Waals surface area (Å²) in [5.41, 5.74) is 1.79. The normalized spacial score (nSPS) is 10.4. The smallest absolute Gasteiger partial charge is 0.168 e. The second-order valence-corrected chi connectivity index (χ2v) is 5.91. The molecule has 0 atom stereocenters. The minimum absolute atomic E-state index is 0.131. The summed E-state index contributed by atoms with van der Waals surface area (Å²) in [6, 6.07) is 7.61. The maximum absolute atomic E-state index is 12.0. The monoisotopic (exact) mass is 358 g/mol. The number of ketones is 1. The van der Waals surface area contributed by atoms with Crippen LogP contribution in [0.25, 0.3) is 0 Å². The molecule has 0 aliphatic carbocycles. The summed E-state index contributed by atoms with van der Waals surface area (Å²) in [6.07, 6.45) is 0.457. The van der Waals surface area contributed by atoms with Gasteiger partial charge in [-0.05, 0) is 40.6 Å². The van der Waals surface area contributed by atoms with Crippen LogP contribution < -0.4 is 0 Å². The molecule has 82 valence electrons. The van der Waals surface area contributed by atoms with Crippen molar-refractivity contribution in [2.75, 3.05) is 0 Å². The summed E-state index contributed by atoms with van der Waals surface area (Å²) in [7, 11) is 0. The van der Waals surface area contributed by atoms with Gasteiger partial charge in [0.25, 0.3) is 0 Å². The second-order valence-electron chi connectivity index (χ2n) is 3.36. The van der Waals surface area contributed by atoms with Gasteiger partial charge in [0.2, 0.25) is 0 Å². The minimum atomic E-state index is 0.131. The Labute approximate surface area is 115 Å². The van der Waals surface area contributed by atoms with Crippen molar-refractivity contribution in [3.05, 3.63) is 55.1 Å². The van der Waals surface area contributed by atoms with Crippen molar-refractivity contribution >= 4 is 49.0 Å². The molecule has 0 aliphatic heterocycles. The molecule has 2 aromatic rings. The number of carbonyl (C=O) groups is 1. The van der Waals surface area contributed by atoms with Crippen LogP contribution >= 0.6 is 43.2 Å². The van der Waals surface area contributed by atoms with E-state index in [1.165, 1.54) is 0 Å². The van der Waals surface area contributed by atoms with Crippen molar-refractivity contribution in [1.82, 2.24) is 0 Å². The number of Topliss-reactive ketones (excluding diaryl/α,β-unsaturated/α-hetero) is 1. The Kier molecular flexibility index (Phi) is 3.95. The number of hydrogen-bond donors (Lipinski definition) is 0. The van der Waals surface area contributed by atoms with Crippen molar-refractivity contribution in [3.63, 3.8) is 0 Å². The molecule has 0 aliphatic rings. The Morgan fingerprint density at radius 3 is 2.75 bits per heavy atom. The molecule has 2 rings (SSSR count). The Morgan fingerprint density at radius 1 is 1.25 bits per heavy atom. The number of carbonyl (C=O) groups excluding carboxylic acids is 1. The summed E-state index contributed by atoms with van der Waals surface area (Å²) in [5.74, 6) is 0.131. The minimum Gasteiger partial charge on any atom is -0.294 e. The molecule has 0 N–H and O–H groups in total. The van der Waals surface area contributed by atoms with Crippen molar-refractivity contribution in [2.24, 2.45) is 0 Å². The molecular weight excluding hydrogens is 352 g/mol. The van der Waals surface area contributed by atoms with Crippen LogP contribution in [0.4, 0.5) is 0 Å². The average Bonchev–Trinajstić information content (AvgIpc) is 2.74. The SMILES string of the molecule is O=C(Cc1ccsc1)c1cc(Br)ccc1Br. The number of halogens is 2. The van der Waals surface area contributed by atoms with E-state index in [2.05, 4.69) is 31.9 Å². The van der Waals surface area contributed by atoms with Crippen molar-refractivity contribution < 1.29 is 4.79 Å². The number of benzene rings is 1. The first-order chi connectivity index (χ1) is 7.66. The Bertz CT molecular complexity index is 506. The lowest BCUT2D eigenvalue weighted by atomic mass is 10.1. The molecule has 16 heavy (non-hydrogen) atoms. The molecule has 0 saturated carbocycles. The Hall–Kier alpha value is -0.450. The van der Waals surface area contributed by atoms with Crippen LogP contribution in [0, 0.1) is 0 Å². The molecule has 0 spiro atoms. The van der Waals surface area contributed by atoms with E-state index in [0.717, 1.165) is 20.1 Å². The highest BCUT2D eigenvalue weighted by molar-refractivity contribution is 9.11. The molecule has 0 fully saturated rings. The number of rotatable bonds is 3. The summed E-state index contributed by atoms with van der Waals surface area (Å²) >= 11 is 8.38. The molecule has 0 bridgehead atoms. The van der Waals surface area contributed by atoms with Crippen LogP contribution in [-0.4, -0.2) is 5.78 Å². The summed E-state index contributed by atoms with van der Waals surface area (Å²) in [5, 5.41) is 3.99. The molecule has 1 nitrogen and oxygen atoms in total. The molecule has 0 saturated heterocycles. The molecule has 0 radical (unpaired) electrons. The summed E-state index contributed by atoms with van der Waals surface area (Å²) < 4.78 is 1.76. The highest BCUT2D eigenvalue weighted by Crippen LogP contribution is 2.23. The number of thiophene rings is 1. The van der Waals surface area contributed by atoms with Crippen molar-refractivity contribution in [2.45, 2.75) is 6.42 Å². The van der Waals surface area contributed by atoms with Gasteiger partial charge < -0.3 is 0 Å². The van der Waals surface area contributed by atoms with E-state index >= 15 is 0 Å². The lowest BCUT2D eigenvalue weighted by Crippen LogP contribution is -2.03. The van der Waals surface area contributed by atoms with Crippen LogP contribution in [0.1, 0.15) is 15.9 Å². The highest BCUT2D eigenvalue weighted by Gasteiger charge is 2.11. The van der Waals surface area contributed by atoms with Gasteiger partial charge in [-0.2, -0.15) is 11.3 Å². The maximum Gasteiger partial charge on any atom is 0.168 e. The largest absolute Gasteiger partial charge is 0.294 e. The van der Waals surface area contributed by atoms with E-state index in [4.69, 9.17) is 0 Å². The lowest BCUT2D eigenvalue weighted by molar-refractivity contribution is 0.0992. The zero-order chi connectivity index (χ0) is 11.5. The topological polar surface area (TPSA) is 17.1 Å². The van der Waals surface area contributed by atoms with Gasteiger partial charge in [-0.3, -0.25) is 4.79 Å². The fraction of sp³-hybridized carbons (Fsp3) is 0.0833. The van der Waals surface area contributed by atoms with E-state index in [0.29, 0.717) is 6.42 Å². The van der Waals surface area contributed by atoms with E-state index < -0.39 is 0 Å². The van der Waals surface area contributed by atoms with Gasteiger partial charge in [-0.15, -0.1) is 0 Å². The first kappa shape index (κ1) is 12.0. The van der Waals surface area contributed by atoms with Gasteiger partial charge >= 0.3 is 0 Å². The predicted octanol–water partition coefficient (Wildman–Crippen LogP) is 4.70. The zero-order valence-electron chi connectivity index (χ0n) is 8.24. The van der Waals surface area contributed by atoms with Gasteiger partial charge in [0, 0.05) is 20.9 Å². The summed E-state index contributed by atoms with van der Waals surface area (Å²) in [4.78, 5) is 12.0. The Morgan fingerprint density at radius 2 is 2.06 bits per heavy atom. The van der Waals surface area contributed by atoms with E-state index in [1.54, 1.807) is 11.3 Å². The van der Waals surface area contributed by atoms with Gasteiger partial charge in [0.05, 0.1) is 0 Å². The van der Waals surface area contributed by atoms with Gasteiger partial charge in [0.1, 0.15) is 0 Å². The third-order valence-electron chi connectivity index (χ3n) is 2.17. The second kappa shape index (κ2) is 5.25. The zero-order valence-corrected chi connectivity index (χ0v) is 12.2. The van der Waals surface area contributed by atoms with Crippen LogP contribution in [0.2, 0.25) is 0 Å². The summed E-state index contributed by atoms with van der Waals surface area (Å²) in [6.45, 7) is 0. The fourth-order valence-corrected chi connectivity index (χ4v) is 2.88. The van der Waals surface area contributed by atoms with Crippen molar-refractivity contribution in [1.29, 1.82) is 0 Å². The highest BCUT2D eigenvalue weighted by atomic mass is 79.9. The van der Waals surface area contributed by atoms with Gasteiger partial charge in [-0.25, -0.2) is 0 Å². The van der Waals surface area contributed by atoms with Crippen LogP contribution in [-0.2, 0) is 6.42 Å². The molecule has 1 heterocycles. The first-order valence-corrected chi connectivity index (χ1v) is 7.19. The molecule has 0 unspecified atom stereocenters. The third kappa shape index (κ3) is 2.81. The molecule has 1 aromatic carbocycles. The fourth-order valence-electron chi connectivity index (χ4n) is 1.39. The predicted molar refractivity (Wildman–Crippen MR) is 74.2 cm³/mol. The standard InChI is InChI=1S/C12H8Br2OS/c13-9-1-2-11(14)10(6-9)12(15)5-8-3-4-16-7-8/h1-4,6-7H,5H2. The molecule has 4 heteroatoms. The Balaban J connectivity index is 2.24. The quantitative estimate of drug-likeness (QED) is 0.726. The first-order valence-electron chi connectivity index (χ1n) is 4.66. The van der Waals surface area contributed by atoms with Crippen molar-refractivity contribution in [3.8, 4) is 0 Å². The van der Waals surface area contributed by atoms with E-state index in [9.17, 15) is 4.79 Å². The molecule has 1 aromatic heterocycles. The van der Waals surface area contributed by atoms with E-state index in [1.807, 2.05) is 35.0 Å². The number of hydrogen-bond acceptors (Lipinski definition) is 2. The molecule has 0 amide bonds. The molecular formula is C12H8Br2OS. The van der Waals surface area contributed by atoms with Gasteiger partial charge in [-0.1, -0.05) is 31.9 Å². The van der Waals surface area contributed by atoms with Crippen LogP contribution in [0.3, 0.4) is 0 Å². The van der Waals surface area contributed by atoms with Gasteiger partial charge in [0.15, 0.2) is 5.78 Å². The lowest BCUT2D eigenvalue weighted by Gasteiger charge is -2.03. The van der Waals surface area contributed by atoms with Crippen LogP contribution in [0.5, 0.6) is 0 Å². The van der Waals surface area contributed by atoms with E-state index in [-0.39, 0.29) is 5.78 Å². The third-order valence-corrected chi connectivity index (χ3v) is 4.09. The maximum atomic E-state index is 12.0. The average molecular weight is 360 g/mol.